The molecular formula is C20H25N3O3S. The normalized spacial score (nSPS) is 19.6. The van der Waals surface area contributed by atoms with Crippen LogP contribution in [-0.4, -0.2) is 48.1 Å². The predicted octanol–water partition coefficient (Wildman–Crippen LogP) is 3.09. The van der Waals surface area contributed by atoms with Crippen molar-refractivity contribution in [3.8, 4) is 5.75 Å². The van der Waals surface area contributed by atoms with Crippen LogP contribution in [0.3, 0.4) is 0 Å². The van der Waals surface area contributed by atoms with Crippen LogP contribution < -0.4 is 10.1 Å². The molecule has 0 spiro atoms. The summed E-state index contributed by atoms with van der Waals surface area (Å²) < 4.78 is 5.16. The fourth-order valence-corrected chi connectivity index (χ4v) is 3.88. The molecule has 3 rings (SSSR count). The first-order valence-corrected chi connectivity index (χ1v) is 9.82. The highest BCUT2D eigenvalue weighted by Crippen LogP contribution is 2.24. The van der Waals surface area contributed by atoms with E-state index in [-0.39, 0.29) is 18.6 Å². The molecule has 0 saturated carbocycles. The van der Waals surface area contributed by atoms with Crippen molar-refractivity contribution < 1.29 is 14.3 Å². The number of rotatable bonds is 8. The lowest BCUT2D eigenvalue weighted by molar-refractivity contribution is -0.132. The van der Waals surface area contributed by atoms with Gasteiger partial charge in [0.2, 0.25) is 0 Å². The van der Waals surface area contributed by atoms with Gasteiger partial charge in [-0.15, -0.1) is 0 Å². The predicted molar refractivity (Wildman–Crippen MR) is 106 cm³/mol. The van der Waals surface area contributed by atoms with Crippen molar-refractivity contribution in [2.45, 2.75) is 31.8 Å². The van der Waals surface area contributed by atoms with Crippen LogP contribution in [-0.2, 0) is 17.8 Å². The molecule has 1 aromatic heterocycles. The first kappa shape index (κ1) is 19.4. The summed E-state index contributed by atoms with van der Waals surface area (Å²) in [6.07, 6.45) is 1.25. The molecule has 1 fully saturated rings. The molecule has 0 aliphatic carbocycles. The highest BCUT2D eigenvalue weighted by Gasteiger charge is 2.47. The molecule has 144 valence electrons. The van der Waals surface area contributed by atoms with Crippen molar-refractivity contribution in [2.75, 3.05) is 20.8 Å². The molecule has 0 unspecified atom stereocenters. The molecule has 1 aliphatic heterocycles. The molecule has 6 nitrogen and oxygen atoms in total. The van der Waals surface area contributed by atoms with E-state index in [9.17, 15) is 9.59 Å². The summed E-state index contributed by atoms with van der Waals surface area (Å²) in [6, 6.07) is 9.49. The van der Waals surface area contributed by atoms with Gasteiger partial charge in [-0.25, -0.2) is 9.69 Å². The maximum absolute atomic E-state index is 12.9. The number of carbonyl (C=O) groups is 2. The van der Waals surface area contributed by atoms with Crippen molar-refractivity contribution in [1.29, 1.82) is 0 Å². The Hall–Kier alpha value is -2.38. The van der Waals surface area contributed by atoms with Crippen molar-refractivity contribution >= 4 is 23.3 Å². The molecule has 1 saturated heterocycles. The lowest BCUT2D eigenvalue weighted by Crippen LogP contribution is -2.45. The van der Waals surface area contributed by atoms with Gasteiger partial charge < -0.3 is 10.1 Å². The van der Waals surface area contributed by atoms with Gasteiger partial charge in [-0.1, -0.05) is 12.1 Å². The van der Waals surface area contributed by atoms with Gasteiger partial charge in [-0.3, -0.25) is 9.69 Å². The van der Waals surface area contributed by atoms with Crippen LogP contribution in [0, 0.1) is 0 Å². The molecule has 3 amide bonds. The van der Waals surface area contributed by atoms with Crippen LogP contribution in [0.15, 0.2) is 41.1 Å². The van der Waals surface area contributed by atoms with Crippen LogP contribution in [0.5, 0.6) is 5.75 Å². The van der Waals surface area contributed by atoms with Gasteiger partial charge in [0.1, 0.15) is 11.3 Å². The molecule has 7 heteroatoms. The number of methoxy groups -OCH3 is 1. The third-order valence-electron chi connectivity index (χ3n) is 4.83. The van der Waals surface area contributed by atoms with E-state index in [2.05, 4.69) is 10.7 Å². The van der Waals surface area contributed by atoms with Gasteiger partial charge in [0.15, 0.2) is 0 Å². The zero-order chi connectivity index (χ0) is 19.4. The minimum absolute atomic E-state index is 0.168. The Morgan fingerprint density at radius 3 is 2.56 bits per heavy atom. The number of imide groups is 1. The number of thiophene rings is 1. The largest absolute Gasteiger partial charge is 0.497 e. The molecule has 1 aromatic carbocycles. The maximum Gasteiger partial charge on any atom is 0.326 e. The Labute approximate surface area is 163 Å². The lowest BCUT2D eigenvalue weighted by Gasteiger charge is -2.24. The molecular weight excluding hydrogens is 362 g/mol. The number of hydrogen-bond donors (Lipinski definition) is 1. The highest BCUT2D eigenvalue weighted by atomic mass is 32.1. The molecule has 27 heavy (non-hydrogen) atoms. The summed E-state index contributed by atoms with van der Waals surface area (Å²) in [5.41, 5.74) is 1.41. The van der Waals surface area contributed by atoms with Crippen molar-refractivity contribution in [3.05, 3.63) is 52.2 Å². The molecule has 0 bridgehead atoms. The van der Waals surface area contributed by atoms with E-state index < -0.39 is 5.54 Å². The van der Waals surface area contributed by atoms with Crippen LogP contribution in [0.25, 0.3) is 0 Å². The first-order valence-electron chi connectivity index (χ1n) is 8.88. The van der Waals surface area contributed by atoms with Gasteiger partial charge in [0, 0.05) is 6.54 Å². The summed E-state index contributed by atoms with van der Waals surface area (Å²) in [5.74, 6) is 0.633. The molecule has 1 N–H and O–H groups in total. The van der Waals surface area contributed by atoms with Crippen LogP contribution >= 0.6 is 11.3 Å². The molecule has 1 atom stereocenters. The molecule has 2 aromatic rings. The Balaban J connectivity index is 1.59. The van der Waals surface area contributed by atoms with Gasteiger partial charge in [0.25, 0.3) is 5.91 Å². The summed E-state index contributed by atoms with van der Waals surface area (Å²) in [5, 5.41) is 6.97. The van der Waals surface area contributed by atoms with Crippen molar-refractivity contribution in [1.82, 2.24) is 15.1 Å². The second-order valence-corrected chi connectivity index (χ2v) is 7.91. The third-order valence-corrected chi connectivity index (χ3v) is 5.57. The second kappa shape index (κ2) is 8.10. The van der Waals surface area contributed by atoms with Gasteiger partial charge in [-0.2, -0.15) is 11.3 Å². The summed E-state index contributed by atoms with van der Waals surface area (Å²) in [6.45, 7) is 2.78. The number of nitrogens with zero attached hydrogens (tertiary/aromatic N) is 2. The first-order chi connectivity index (χ1) is 12.9. The fourth-order valence-electron chi connectivity index (χ4n) is 3.22. The minimum atomic E-state index is -0.875. The maximum atomic E-state index is 12.9. The highest BCUT2D eigenvalue weighted by molar-refractivity contribution is 7.07. The molecule has 0 radical (unpaired) electrons. The average Bonchev–Trinajstić information content (AvgIpc) is 3.23. The van der Waals surface area contributed by atoms with Gasteiger partial charge in [0.05, 0.1) is 13.8 Å². The number of hydrogen-bond acceptors (Lipinski definition) is 5. The number of ether oxygens (including phenoxy) is 1. The standard InChI is InChI=1S/C20H25N3O3S/c1-20(10-8-15-4-6-17(26-3)7-5-15)18(24)23(19(25)21-20)14-22(2)12-16-9-11-27-13-16/h4-7,9,11,13H,8,10,12,14H2,1-3H3,(H,21,25)/t20-/m1/s1. The monoisotopic (exact) mass is 387 g/mol. The molecule has 1 aliphatic rings. The summed E-state index contributed by atoms with van der Waals surface area (Å²) >= 11 is 1.64. The smallest absolute Gasteiger partial charge is 0.326 e. The van der Waals surface area contributed by atoms with E-state index in [0.29, 0.717) is 19.4 Å². The quantitative estimate of drug-likeness (QED) is 0.707. The molecule has 2 heterocycles. The summed E-state index contributed by atoms with van der Waals surface area (Å²) in [4.78, 5) is 28.6. The number of benzene rings is 1. The van der Waals surface area contributed by atoms with Crippen LogP contribution in [0.2, 0.25) is 0 Å². The number of nitrogens with one attached hydrogen (secondary N) is 1. The zero-order valence-electron chi connectivity index (χ0n) is 15.9. The SMILES string of the molecule is COc1ccc(CC[C@@]2(C)NC(=O)N(CN(C)Cc3ccsc3)C2=O)cc1. The minimum Gasteiger partial charge on any atom is -0.497 e. The van der Waals surface area contributed by atoms with Crippen molar-refractivity contribution in [2.24, 2.45) is 0 Å². The number of amides is 3. The van der Waals surface area contributed by atoms with Crippen LogP contribution in [0.1, 0.15) is 24.5 Å². The number of aryl methyl sites for hydroxylation is 1. The van der Waals surface area contributed by atoms with E-state index in [1.165, 1.54) is 10.5 Å². The fraction of sp³-hybridized carbons (Fsp3) is 0.400. The summed E-state index contributed by atoms with van der Waals surface area (Å²) in [7, 11) is 3.54. The van der Waals surface area contributed by atoms with E-state index in [1.54, 1.807) is 25.4 Å². The van der Waals surface area contributed by atoms with E-state index in [4.69, 9.17) is 4.74 Å². The van der Waals surface area contributed by atoms with Gasteiger partial charge in [-0.05, 0) is 66.9 Å². The van der Waals surface area contributed by atoms with Gasteiger partial charge >= 0.3 is 6.03 Å². The van der Waals surface area contributed by atoms with E-state index >= 15 is 0 Å². The zero-order valence-corrected chi connectivity index (χ0v) is 16.7. The van der Waals surface area contributed by atoms with E-state index in [0.717, 1.165) is 11.3 Å². The average molecular weight is 388 g/mol. The third kappa shape index (κ3) is 4.48. The number of urea groups is 1. The van der Waals surface area contributed by atoms with Crippen molar-refractivity contribution in [3.63, 3.8) is 0 Å². The Kier molecular flexibility index (Phi) is 5.82. The van der Waals surface area contributed by atoms with E-state index in [1.807, 2.05) is 47.7 Å². The topological polar surface area (TPSA) is 61.9 Å². The lowest BCUT2D eigenvalue weighted by atomic mass is 9.93. The van der Waals surface area contributed by atoms with Crippen LogP contribution in [0.4, 0.5) is 4.79 Å². The number of carbonyl (C=O) groups excluding carboxylic acids is 2. The Morgan fingerprint density at radius 2 is 1.93 bits per heavy atom. The Morgan fingerprint density at radius 1 is 1.19 bits per heavy atom. The second-order valence-electron chi connectivity index (χ2n) is 7.13. The Bertz CT molecular complexity index is 791.